The summed E-state index contributed by atoms with van der Waals surface area (Å²) in [6.07, 6.45) is 2.23. The molecule has 29 heavy (non-hydrogen) atoms. The summed E-state index contributed by atoms with van der Waals surface area (Å²) in [6.45, 7) is 5.37. The van der Waals surface area contributed by atoms with Crippen molar-refractivity contribution in [1.82, 2.24) is 4.98 Å². The van der Waals surface area contributed by atoms with Gasteiger partial charge in [-0.3, -0.25) is 9.88 Å². The molecule has 0 fully saturated rings. The average Bonchev–Trinajstić information content (AvgIpc) is 2.70. The van der Waals surface area contributed by atoms with Gasteiger partial charge in [0.05, 0.1) is 25.3 Å². The highest BCUT2D eigenvalue weighted by Crippen LogP contribution is 2.29. The zero-order valence-corrected chi connectivity index (χ0v) is 17.3. The van der Waals surface area contributed by atoms with Gasteiger partial charge in [-0.05, 0) is 38.5 Å². The van der Waals surface area contributed by atoms with Crippen LogP contribution in [-0.4, -0.2) is 49.9 Å². The summed E-state index contributed by atoms with van der Waals surface area (Å²) in [5, 5.41) is 0. The van der Waals surface area contributed by atoms with Gasteiger partial charge in [-0.1, -0.05) is 12.1 Å². The molecule has 1 aromatic heterocycles. The summed E-state index contributed by atoms with van der Waals surface area (Å²) >= 11 is 0. The lowest BCUT2D eigenvalue weighted by Crippen LogP contribution is -2.34. The fourth-order valence-electron chi connectivity index (χ4n) is 2.57. The molecule has 8 nitrogen and oxygen atoms in total. The van der Waals surface area contributed by atoms with Gasteiger partial charge in [-0.2, -0.15) is 0 Å². The van der Waals surface area contributed by atoms with Gasteiger partial charge >= 0.3 is 18.0 Å². The van der Waals surface area contributed by atoms with E-state index >= 15 is 0 Å². The van der Waals surface area contributed by atoms with Crippen LogP contribution in [0.15, 0.2) is 36.7 Å². The van der Waals surface area contributed by atoms with Crippen molar-refractivity contribution in [1.29, 1.82) is 0 Å². The first kappa shape index (κ1) is 21.9. The van der Waals surface area contributed by atoms with Gasteiger partial charge in [0.15, 0.2) is 0 Å². The minimum Gasteiger partial charge on any atom is -0.465 e. The maximum Gasteiger partial charge on any atom is 0.414 e. The number of methoxy groups -OCH3 is 2. The van der Waals surface area contributed by atoms with Crippen LogP contribution in [-0.2, 0) is 14.2 Å². The molecule has 0 atom stereocenters. The second kappa shape index (κ2) is 8.72. The van der Waals surface area contributed by atoms with Gasteiger partial charge in [0.1, 0.15) is 5.60 Å². The number of hydrogen-bond donors (Lipinski definition) is 0. The molecule has 0 saturated heterocycles. The molecule has 0 aliphatic rings. The van der Waals surface area contributed by atoms with Crippen LogP contribution in [0.5, 0.6) is 0 Å². The number of ether oxygens (including phenoxy) is 3. The molecule has 0 unspecified atom stereocenters. The first-order valence-corrected chi connectivity index (χ1v) is 8.80. The lowest BCUT2D eigenvalue weighted by Gasteiger charge is -2.24. The van der Waals surface area contributed by atoms with Gasteiger partial charge in [0, 0.05) is 30.7 Å². The van der Waals surface area contributed by atoms with Gasteiger partial charge in [0.2, 0.25) is 0 Å². The van der Waals surface area contributed by atoms with Crippen LogP contribution in [0.2, 0.25) is 0 Å². The van der Waals surface area contributed by atoms with E-state index < -0.39 is 23.6 Å². The minimum absolute atomic E-state index is 0.00630. The normalized spacial score (nSPS) is 10.8. The monoisotopic (exact) mass is 400 g/mol. The second-order valence-corrected chi connectivity index (χ2v) is 7.18. The molecule has 1 aromatic carbocycles. The van der Waals surface area contributed by atoms with Crippen molar-refractivity contribution < 1.29 is 28.6 Å². The number of nitrogens with zero attached hydrogens (tertiary/aromatic N) is 2. The molecule has 1 amide bonds. The number of hydrogen-bond acceptors (Lipinski definition) is 7. The summed E-state index contributed by atoms with van der Waals surface area (Å²) in [4.78, 5) is 42.0. The number of rotatable bonds is 4. The molecule has 0 aliphatic heterocycles. The lowest BCUT2D eigenvalue weighted by molar-refractivity contribution is 0.0555. The molecular weight excluding hydrogens is 376 g/mol. The Morgan fingerprint density at radius 1 is 0.931 bits per heavy atom. The Labute approximate surface area is 169 Å². The molecule has 2 aromatic rings. The van der Waals surface area contributed by atoms with E-state index in [-0.39, 0.29) is 11.1 Å². The standard InChI is InChI=1S/C21H24N2O6/c1-21(2,3)29-20(26)23(4)14-9-7-13(8-10-14)15-11-22-12-16(18(24)27-5)17(15)19(25)28-6/h7-12H,1-6H3. The predicted molar refractivity (Wildman–Crippen MR) is 107 cm³/mol. The minimum atomic E-state index is -0.693. The fourth-order valence-corrected chi connectivity index (χ4v) is 2.57. The quantitative estimate of drug-likeness (QED) is 0.570. The van der Waals surface area contributed by atoms with Crippen LogP contribution in [0, 0.1) is 0 Å². The van der Waals surface area contributed by atoms with E-state index in [1.165, 1.54) is 31.5 Å². The van der Waals surface area contributed by atoms with Crippen molar-refractivity contribution in [2.24, 2.45) is 0 Å². The van der Waals surface area contributed by atoms with Gasteiger partial charge in [-0.15, -0.1) is 0 Å². The van der Waals surface area contributed by atoms with E-state index in [1.54, 1.807) is 52.1 Å². The fraction of sp³-hybridized carbons (Fsp3) is 0.333. The van der Waals surface area contributed by atoms with E-state index in [4.69, 9.17) is 14.2 Å². The molecule has 0 bridgehead atoms. The number of carbonyl (C=O) groups excluding carboxylic acids is 3. The molecule has 2 rings (SSSR count). The highest BCUT2D eigenvalue weighted by molar-refractivity contribution is 6.07. The maximum absolute atomic E-state index is 12.3. The summed E-state index contributed by atoms with van der Waals surface area (Å²) in [7, 11) is 4.05. The van der Waals surface area contributed by atoms with Crippen LogP contribution in [0.4, 0.5) is 10.5 Å². The molecule has 0 spiro atoms. The van der Waals surface area contributed by atoms with Crippen LogP contribution < -0.4 is 4.90 Å². The smallest absolute Gasteiger partial charge is 0.414 e. The summed E-state index contributed by atoms with van der Waals surface area (Å²) in [5.41, 5.74) is 1.08. The second-order valence-electron chi connectivity index (χ2n) is 7.18. The summed E-state index contributed by atoms with van der Waals surface area (Å²) in [6, 6.07) is 6.82. The van der Waals surface area contributed by atoms with Crippen molar-refractivity contribution in [3.63, 3.8) is 0 Å². The van der Waals surface area contributed by atoms with Crippen molar-refractivity contribution in [2.45, 2.75) is 26.4 Å². The van der Waals surface area contributed by atoms with E-state index in [0.717, 1.165) is 0 Å². The number of anilines is 1. The van der Waals surface area contributed by atoms with E-state index in [1.807, 2.05) is 0 Å². The first-order chi connectivity index (χ1) is 13.6. The van der Waals surface area contributed by atoms with Crippen LogP contribution in [0.25, 0.3) is 11.1 Å². The summed E-state index contributed by atoms with van der Waals surface area (Å²) in [5.74, 6) is -1.38. The number of pyridine rings is 1. The van der Waals surface area contributed by atoms with Crippen LogP contribution in [0.1, 0.15) is 41.5 Å². The zero-order chi connectivity index (χ0) is 21.8. The number of amides is 1. The molecule has 8 heteroatoms. The molecule has 154 valence electrons. The first-order valence-electron chi connectivity index (χ1n) is 8.80. The molecule has 0 aliphatic carbocycles. The third-order valence-electron chi connectivity index (χ3n) is 3.97. The Hall–Kier alpha value is -3.42. The third-order valence-corrected chi connectivity index (χ3v) is 3.97. The molecule has 1 heterocycles. The van der Waals surface area contributed by atoms with Crippen molar-refractivity contribution in [2.75, 3.05) is 26.2 Å². The van der Waals surface area contributed by atoms with Gasteiger partial charge < -0.3 is 14.2 Å². The summed E-state index contributed by atoms with van der Waals surface area (Å²) < 4.78 is 14.9. The topological polar surface area (TPSA) is 95.0 Å². The SMILES string of the molecule is COC(=O)c1cncc(-c2ccc(N(C)C(=O)OC(C)(C)C)cc2)c1C(=O)OC. The number of benzene rings is 1. The Morgan fingerprint density at radius 2 is 1.52 bits per heavy atom. The largest absolute Gasteiger partial charge is 0.465 e. The van der Waals surface area contributed by atoms with Crippen LogP contribution >= 0.6 is 0 Å². The molecule has 0 N–H and O–H groups in total. The lowest BCUT2D eigenvalue weighted by atomic mass is 9.98. The van der Waals surface area contributed by atoms with Crippen molar-refractivity contribution in [3.05, 3.63) is 47.8 Å². The Balaban J connectivity index is 2.43. The van der Waals surface area contributed by atoms with E-state index in [9.17, 15) is 14.4 Å². The highest BCUT2D eigenvalue weighted by atomic mass is 16.6. The molecular formula is C21H24N2O6. The third kappa shape index (κ3) is 5.10. The van der Waals surface area contributed by atoms with E-state index in [2.05, 4.69) is 4.98 Å². The number of carbonyl (C=O) groups is 3. The molecule has 0 saturated carbocycles. The van der Waals surface area contributed by atoms with Gasteiger partial charge in [-0.25, -0.2) is 14.4 Å². The van der Waals surface area contributed by atoms with Crippen molar-refractivity contribution in [3.8, 4) is 11.1 Å². The Morgan fingerprint density at radius 3 is 2.03 bits per heavy atom. The average molecular weight is 400 g/mol. The Bertz CT molecular complexity index is 916. The molecule has 0 radical (unpaired) electrons. The van der Waals surface area contributed by atoms with Crippen LogP contribution in [0.3, 0.4) is 0 Å². The number of esters is 2. The number of aromatic nitrogens is 1. The highest BCUT2D eigenvalue weighted by Gasteiger charge is 2.24. The predicted octanol–water partition coefficient (Wildman–Crippen LogP) is 3.69. The van der Waals surface area contributed by atoms with Crippen molar-refractivity contribution >= 4 is 23.7 Å². The van der Waals surface area contributed by atoms with Gasteiger partial charge in [0.25, 0.3) is 0 Å². The zero-order valence-electron chi connectivity index (χ0n) is 17.3. The Kier molecular flexibility index (Phi) is 6.58. The maximum atomic E-state index is 12.3. The van der Waals surface area contributed by atoms with E-state index in [0.29, 0.717) is 16.8 Å².